The average molecular weight is 209 g/mol. The van der Waals surface area contributed by atoms with Crippen molar-refractivity contribution in [2.75, 3.05) is 7.11 Å². The van der Waals surface area contributed by atoms with Crippen LogP contribution in [0.15, 0.2) is 24.5 Å². The van der Waals surface area contributed by atoms with Crippen LogP contribution in [0.3, 0.4) is 0 Å². The molecule has 0 bridgehead atoms. The lowest BCUT2D eigenvalue weighted by molar-refractivity contribution is 0.0851. The molecule has 0 saturated carbocycles. The van der Waals surface area contributed by atoms with Gasteiger partial charge in [-0.1, -0.05) is 0 Å². The quantitative estimate of drug-likeness (QED) is 0.776. The lowest BCUT2D eigenvalue weighted by Gasteiger charge is -2.13. The Morgan fingerprint density at radius 1 is 1.33 bits per heavy atom. The van der Waals surface area contributed by atoms with E-state index in [1.54, 1.807) is 19.5 Å². The minimum Gasteiger partial charge on any atom is -0.393 e. The van der Waals surface area contributed by atoms with Crippen molar-refractivity contribution in [3.05, 3.63) is 30.1 Å². The normalized spacial score (nSPS) is 14.9. The third-order valence-electron chi connectivity index (χ3n) is 2.53. The number of aromatic nitrogens is 1. The third-order valence-corrected chi connectivity index (χ3v) is 2.53. The van der Waals surface area contributed by atoms with Crippen molar-refractivity contribution in [2.45, 2.75) is 38.4 Å². The van der Waals surface area contributed by atoms with Gasteiger partial charge in [0.2, 0.25) is 0 Å². The molecular formula is C12H19NO2. The Kier molecular flexibility index (Phi) is 5.29. The highest BCUT2D eigenvalue weighted by Gasteiger charge is 2.08. The van der Waals surface area contributed by atoms with Crippen LogP contribution in [0, 0.1) is 0 Å². The summed E-state index contributed by atoms with van der Waals surface area (Å²) in [6, 6.07) is 3.87. The molecule has 3 heteroatoms. The van der Waals surface area contributed by atoms with E-state index in [1.165, 1.54) is 0 Å². The molecule has 15 heavy (non-hydrogen) atoms. The summed E-state index contributed by atoms with van der Waals surface area (Å²) in [5, 5.41) is 9.77. The number of hydrogen-bond donors (Lipinski definition) is 1. The molecule has 0 aliphatic rings. The van der Waals surface area contributed by atoms with E-state index in [-0.39, 0.29) is 12.2 Å². The SMILES string of the molecule is COC(C)CCC(O)Cc1ccncc1. The van der Waals surface area contributed by atoms with E-state index in [4.69, 9.17) is 4.74 Å². The first kappa shape index (κ1) is 12.1. The van der Waals surface area contributed by atoms with Crippen molar-refractivity contribution in [3.8, 4) is 0 Å². The van der Waals surface area contributed by atoms with Gasteiger partial charge in [-0.2, -0.15) is 0 Å². The van der Waals surface area contributed by atoms with Gasteiger partial charge < -0.3 is 9.84 Å². The predicted molar refractivity (Wildman–Crippen MR) is 59.7 cm³/mol. The third kappa shape index (κ3) is 4.91. The van der Waals surface area contributed by atoms with Crippen LogP contribution in [-0.4, -0.2) is 29.4 Å². The molecule has 3 nitrogen and oxygen atoms in total. The van der Waals surface area contributed by atoms with Gasteiger partial charge in [0.15, 0.2) is 0 Å². The van der Waals surface area contributed by atoms with Gasteiger partial charge in [-0.25, -0.2) is 0 Å². The standard InChI is InChI=1S/C12H19NO2/c1-10(15-2)3-4-12(14)9-11-5-7-13-8-6-11/h5-8,10,12,14H,3-4,9H2,1-2H3. The number of aliphatic hydroxyl groups is 1. The first-order valence-electron chi connectivity index (χ1n) is 5.32. The first-order valence-corrected chi connectivity index (χ1v) is 5.32. The number of methoxy groups -OCH3 is 1. The molecular weight excluding hydrogens is 190 g/mol. The van der Waals surface area contributed by atoms with Crippen LogP contribution in [0.25, 0.3) is 0 Å². The summed E-state index contributed by atoms with van der Waals surface area (Å²) in [6.07, 6.45) is 5.79. The van der Waals surface area contributed by atoms with Crippen LogP contribution in [0.2, 0.25) is 0 Å². The highest BCUT2D eigenvalue weighted by atomic mass is 16.5. The number of ether oxygens (including phenoxy) is 1. The van der Waals surface area contributed by atoms with Crippen LogP contribution in [0.5, 0.6) is 0 Å². The van der Waals surface area contributed by atoms with Crippen molar-refractivity contribution < 1.29 is 9.84 Å². The van der Waals surface area contributed by atoms with E-state index in [0.29, 0.717) is 6.42 Å². The van der Waals surface area contributed by atoms with Gasteiger partial charge in [-0.05, 0) is 43.9 Å². The summed E-state index contributed by atoms with van der Waals surface area (Å²) in [5.74, 6) is 0. The van der Waals surface area contributed by atoms with Gasteiger partial charge in [0.1, 0.15) is 0 Å². The van der Waals surface area contributed by atoms with Crippen molar-refractivity contribution in [1.82, 2.24) is 4.98 Å². The molecule has 0 aliphatic heterocycles. The van der Waals surface area contributed by atoms with E-state index in [9.17, 15) is 5.11 Å². The largest absolute Gasteiger partial charge is 0.393 e. The van der Waals surface area contributed by atoms with Crippen molar-refractivity contribution in [2.24, 2.45) is 0 Å². The molecule has 0 spiro atoms. The van der Waals surface area contributed by atoms with Gasteiger partial charge >= 0.3 is 0 Å². The minimum absolute atomic E-state index is 0.220. The summed E-state index contributed by atoms with van der Waals surface area (Å²) < 4.78 is 5.13. The summed E-state index contributed by atoms with van der Waals surface area (Å²) >= 11 is 0. The summed E-state index contributed by atoms with van der Waals surface area (Å²) in [6.45, 7) is 2.01. The second-order valence-electron chi connectivity index (χ2n) is 3.84. The number of hydrogen-bond acceptors (Lipinski definition) is 3. The number of pyridine rings is 1. The molecule has 2 unspecified atom stereocenters. The molecule has 0 saturated heterocycles. The summed E-state index contributed by atoms with van der Waals surface area (Å²) in [5.41, 5.74) is 1.13. The fraction of sp³-hybridized carbons (Fsp3) is 0.583. The molecule has 1 aromatic rings. The molecule has 1 rings (SSSR count). The van der Waals surface area contributed by atoms with Gasteiger partial charge in [0.05, 0.1) is 12.2 Å². The highest BCUT2D eigenvalue weighted by Crippen LogP contribution is 2.09. The summed E-state index contributed by atoms with van der Waals surface area (Å²) in [4.78, 5) is 3.94. The maximum absolute atomic E-state index is 9.77. The number of nitrogens with zero attached hydrogens (tertiary/aromatic N) is 1. The lowest BCUT2D eigenvalue weighted by atomic mass is 10.0. The second kappa shape index (κ2) is 6.53. The second-order valence-corrected chi connectivity index (χ2v) is 3.84. The van der Waals surface area contributed by atoms with Crippen LogP contribution >= 0.6 is 0 Å². The molecule has 1 heterocycles. The predicted octanol–water partition coefficient (Wildman–Crippen LogP) is 1.80. The van der Waals surface area contributed by atoms with Crippen molar-refractivity contribution in [1.29, 1.82) is 0 Å². The van der Waals surface area contributed by atoms with Crippen LogP contribution in [0.4, 0.5) is 0 Å². The molecule has 1 N–H and O–H groups in total. The van der Waals surface area contributed by atoms with Gasteiger partial charge in [-0.3, -0.25) is 4.98 Å². The van der Waals surface area contributed by atoms with Crippen LogP contribution in [0.1, 0.15) is 25.3 Å². The fourth-order valence-electron chi connectivity index (χ4n) is 1.44. The van der Waals surface area contributed by atoms with E-state index in [0.717, 1.165) is 18.4 Å². The Morgan fingerprint density at radius 2 is 2.00 bits per heavy atom. The van der Waals surface area contributed by atoms with Crippen LogP contribution in [-0.2, 0) is 11.2 Å². The Balaban J connectivity index is 2.27. The molecule has 84 valence electrons. The Labute approximate surface area is 91.1 Å². The monoisotopic (exact) mass is 209 g/mol. The van der Waals surface area contributed by atoms with Crippen molar-refractivity contribution in [3.63, 3.8) is 0 Å². The molecule has 0 radical (unpaired) electrons. The maximum Gasteiger partial charge on any atom is 0.0581 e. The number of aliphatic hydroxyl groups excluding tert-OH is 1. The molecule has 1 aromatic heterocycles. The van der Waals surface area contributed by atoms with E-state index >= 15 is 0 Å². The summed E-state index contributed by atoms with van der Waals surface area (Å²) in [7, 11) is 1.69. The first-order chi connectivity index (χ1) is 7.22. The Morgan fingerprint density at radius 3 is 2.60 bits per heavy atom. The highest BCUT2D eigenvalue weighted by molar-refractivity contribution is 5.10. The van der Waals surface area contributed by atoms with Crippen molar-refractivity contribution >= 4 is 0 Å². The van der Waals surface area contributed by atoms with Crippen LogP contribution < -0.4 is 0 Å². The molecule has 0 amide bonds. The zero-order valence-corrected chi connectivity index (χ0v) is 9.39. The van der Waals surface area contributed by atoms with Gasteiger partial charge in [-0.15, -0.1) is 0 Å². The molecule has 0 fully saturated rings. The van der Waals surface area contributed by atoms with E-state index in [1.807, 2.05) is 19.1 Å². The van der Waals surface area contributed by atoms with E-state index in [2.05, 4.69) is 4.98 Å². The van der Waals surface area contributed by atoms with Gasteiger partial charge in [0, 0.05) is 19.5 Å². The molecule has 0 aromatic carbocycles. The Bertz CT molecular complexity index is 264. The zero-order valence-electron chi connectivity index (χ0n) is 9.39. The molecule has 0 aliphatic carbocycles. The lowest BCUT2D eigenvalue weighted by Crippen LogP contribution is -2.14. The average Bonchev–Trinajstić information content (AvgIpc) is 2.27. The minimum atomic E-state index is -0.287. The maximum atomic E-state index is 9.77. The smallest absolute Gasteiger partial charge is 0.0581 e. The van der Waals surface area contributed by atoms with Gasteiger partial charge in [0.25, 0.3) is 0 Å². The number of rotatable bonds is 6. The van der Waals surface area contributed by atoms with E-state index < -0.39 is 0 Å². The Hall–Kier alpha value is -0.930. The molecule has 2 atom stereocenters. The fourth-order valence-corrected chi connectivity index (χ4v) is 1.44. The zero-order chi connectivity index (χ0) is 11.1. The topological polar surface area (TPSA) is 42.4 Å².